The normalized spacial score (nSPS) is 17.4. The molecule has 2 fully saturated rings. The highest BCUT2D eigenvalue weighted by molar-refractivity contribution is 5.69. The van der Waals surface area contributed by atoms with E-state index in [-0.39, 0.29) is 0 Å². The summed E-state index contributed by atoms with van der Waals surface area (Å²) in [6.45, 7) is 7.48. The first-order valence-corrected chi connectivity index (χ1v) is 11.2. The Balaban J connectivity index is 1.50. The van der Waals surface area contributed by atoms with Gasteiger partial charge in [0.25, 0.3) is 0 Å². The third-order valence-electron chi connectivity index (χ3n) is 6.23. The van der Waals surface area contributed by atoms with Crippen molar-refractivity contribution in [2.45, 2.75) is 32.2 Å². The fourth-order valence-corrected chi connectivity index (χ4v) is 4.29. The van der Waals surface area contributed by atoms with Crippen LogP contribution in [0.25, 0.3) is 11.1 Å². The van der Waals surface area contributed by atoms with Crippen molar-refractivity contribution < 1.29 is 14.2 Å². The fraction of sp³-hybridized carbons (Fsp3) is 0.520. The van der Waals surface area contributed by atoms with Crippen LogP contribution in [0.1, 0.15) is 31.2 Å². The third-order valence-corrected chi connectivity index (χ3v) is 6.23. The van der Waals surface area contributed by atoms with Gasteiger partial charge in [-0.25, -0.2) is 0 Å². The molecule has 0 bridgehead atoms. The monoisotopic (exact) mass is 410 g/mol. The standard InChI is InChI=1S/C25H34N2O3/c1-28-24-10-8-21(18-25(24)29-2)20-7-9-23(22(17-20)19-27-13-6-14-27)30-16-15-26-11-4-3-5-12-26/h7-10,17-18H,3-6,11-16,19H2,1-2H3. The van der Waals surface area contributed by atoms with E-state index in [4.69, 9.17) is 14.2 Å². The minimum Gasteiger partial charge on any atom is -0.493 e. The first-order valence-electron chi connectivity index (χ1n) is 11.2. The van der Waals surface area contributed by atoms with E-state index in [1.807, 2.05) is 12.1 Å². The number of rotatable bonds is 9. The van der Waals surface area contributed by atoms with E-state index >= 15 is 0 Å². The number of likely N-dealkylation sites (tertiary alicyclic amines) is 2. The van der Waals surface area contributed by atoms with Crippen LogP contribution in [0.5, 0.6) is 17.2 Å². The van der Waals surface area contributed by atoms with E-state index in [2.05, 4.69) is 34.1 Å². The molecule has 0 radical (unpaired) electrons. The number of benzene rings is 2. The smallest absolute Gasteiger partial charge is 0.161 e. The molecule has 2 aromatic carbocycles. The highest BCUT2D eigenvalue weighted by Crippen LogP contribution is 2.34. The number of hydrogen-bond acceptors (Lipinski definition) is 5. The first kappa shape index (κ1) is 21.0. The van der Waals surface area contributed by atoms with E-state index in [9.17, 15) is 0 Å². The molecule has 0 aromatic heterocycles. The molecule has 2 saturated heterocycles. The van der Waals surface area contributed by atoms with Gasteiger partial charge in [-0.15, -0.1) is 0 Å². The summed E-state index contributed by atoms with van der Waals surface area (Å²) in [6.07, 6.45) is 5.30. The molecule has 0 saturated carbocycles. The summed E-state index contributed by atoms with van der Waals surface area (Å²) in [7, 11) is 3.34. The van der Waals surface area contributed by atoms with E-state index < -0.39 is 0 Å². The van der Waals surface area contributed by atoms with Crippen LogP contribution in [0.15, 0.2) is 36.4 Å². The molecule has 162 valence electrons. The van der Waals surface area contributed by atoms with Crippen LogP contribution in [-0.4, -0.2) is 63.4 Å². The summed E-state index contributed by atoms with van der Waals surface area (Å²) in [6, 6.07) is 12.6. The second kappa shape index (κ2) is 10.2. The Kier molecular flexibility index (Phi) is 7.13. The maximum Gasteiger partial charge on any atom is 0.161 e. The Morgan fingerprint density at radius 3 is 2.03 bits per heavy atom. The predicted molar refractivity (Wildman–Crippen MR) is 121 cm³/mol. The van der Waals surface area contributed by atoms with Crippen molar-refractivity contribution in [3.63, 3.8) is 0 Å². The average molecular weight is 411 g/mol. The summed E-state index contributed by atoms with van der Waals surface area (Å²) in [5.74, 6) is 2.52. The fourth-order valence-electron chi connectivity index (χ4n) is 4.29. The number of nitrogens with zero attached hydrogens (tertiary/aromatic N) is 2. The molecule has 2 aliphatic rings. The largest absolute Gasteiger partial charge is 0.493 e. The average Bonchev–Trinajstić information content (AvgIpc) is 2.77. The second-order valence-electron chi connectivity index (χ2n) is 8.27. The lowest BCUT2D eigenvalue weighted by molar-refractivity contribution is 0.164. The van der Waals surface area contributed by atoms with Gasteiger partial charge in [-0.3, -0.25) is 9.80 Å². The van der Waals surface area contributed by atoms with Crippen molar-refractivity contribution in [3.8, 4) is 28.4 Å². The highest BCUT2D eigenvalue weighted by Gasteiger charge is 2.18. The van der Waals surface area contributed by atoms with E-state index in [1.54, 1.807) is 14.2 Å². The minimum absolute atomic E-state index is 0.750. The van der Waals surface area contributed by atoms with Gasteiger partial charge < -0.3 is 14.2 Å². The molecule has 0 aliphatic carbocycles. The van der Waals surface area contributed by atoms with Crippen LogP contribution >= 0.6 is 0 Å². The highest BCUT2D eigenvalue weighted by atomic mass is 16.5. The third kappa shape index (κ3) is 5.08. The van der Waals surface area contributed by atoms with Crippen molar-refractivity contribution in [3.05, 3.63) is 42.0 Å². The summed E-state index contributed by atoms with van der Waals surface area (Å²) in [5, 5.41) is 0. The second-order valence-corrected chi connectivity index (χ2v) is 8.27. The van der Waals surface area contributed by atoms with Crippen molar-refractivity contribution in [2.75, 3.05) is 53.6 Å². The zero-order valence-electron chi connectivity index (χ0n) is 18.4. The molecule has 0 amide bonds. The van der Waals surface area contributed by atoms with Gasteiger partial charge in [0.15, 0.2) is 11.5 Å². The Morgan fingerprint density at radius 1 is 0.700 bits per heavy atom. The Bertz CT molecular complexity index is 829. The lowest BCUT2D eigenvalue weighted by atomic mass is 10.0. The predicted octanol–water partition coefficient (Wildman–Crippen LogP) is 4.44. The van der Waals surface area contributed by atoms with Gasteiger partial charge in [0.05, 0.1) is 14.2 Å². The number of ether oxygens (including phenoxy) is 3. The molecule has 0 unspecified atom stereocenters. The molecule has 2 heterocycles. The molecular weight excluding hydrogens is 376 g/mol. The maximum absolute atomic E-state index is 6.27. The van der Waals surface area contributed by atoms with E-state index in [1.165, 1.54) is 63.0 Å². The number of methoxy groups -OCH3 is 2. The van der Waals surface area contributed by atoms with Gasteiger partial charge in [-0.1, -0.05) is 18.6 Å². The van der Waals surface area contributed by atoms with Gasteiger partial charge in [-0.05, 0) is 80.8 Å². The Labute approximate surface area is 180 Å². The molecule has 2 aromatic rings. The summed E-state index contributed by atoms with van der Waals surface area (Å²) in [5.41, 5.74) is 3.56. The lowest BCUT2D eigenvalue weighted by Gasteiger charge is -2.31. The summed E-state index contributed by atoms with van der Waals surface area (Å²) in [4.78, 5) is 5.00. The Morgan fingerprint density at radius 2 is 1.37 bits per heavy atom. The van der Waals surface area contributed by atoms with Gasteiger partial charge in [0.2, 0.25) is 0 Å². The number of hydrogen-bond donors (Lipinski definition) is 0. The number of piperidine rings is 1. The first-order chi connectivity index (χ1) is 14.8. The van der Waals surface area contributed by atoms with Crippen LogP contribution in [0.4, 0.5) is 0 Å². The topological polar surface area (TPSA) is 34.2 Å². The molecule has 5 heteroatoms. The molecule has 0 atom stereocenters. The zero-order chi connectivity index (χ0) is 20.8. The van der Waals surface area contributed by atoms with Crippen molar-refractivity contribution in [2.24, 2.45) is 0 Å². The van der Waals surface area contributed by atoms with Crippen LogP contribution in [0.2, 0.25) is 0 Å². The molecule has 30 heavy (non-hydrogen) atoms. The molecular formula is C25H34N2O3. The molecule has 0 spiro atoms. The lowest BCUT2D eigenvalue weighted by Crippen LogP contribution is -2.36. The van der Waals surface area contributed by atoms with E-state index in [0.29, 0.717) is 0 Å². The minimum atomic E-state index is 0.750. The zero-order valence-corrected chi connectivity index (χ0v) is 18.4. The van der Waals surface area contributed by atoms with Crippen LogP contribution in [0, 0.1) is 0 Å². The quantitative estimate of drug-likeness (QED) is 0.610. The van der Waals surface area contributed by atoms with Gasteiger partial charge in [0.1, 0.15) is 12.4 Å². The van der Waals surface area contributed by atoms with Gasteiger partial charge in [-0.2, -0.15) is 0 Å². The van der Waals surface area contributed by atoms with Crippen molar-refractivity contribution in [1.29, 1.82) is 0 Å². The molecule has 0 N–H and O–H groups in total. The Hall–Kier alpha value is -2.24. The van der Waals surface area contributed by atoms with Crippen LogP contribution < -0.4 is 14.2 Å². The molecule has 2 aliphatic heterocycles. The van der Waals surface area contributed by atoms with Crippen molar-refractivity contribution in [1.82, 2.24) is 9.80 Å². The van der Waals surface area contributed by atoms with Crippen LogP contribution in [0.3, 0.4) is 0 Å². The summed E-state index contributed by atoms with van der Waals surface area (Å²) < 4.78 is 17.1. The summed E-state index contributed by atoms with van der Waals surface area (Å²) >= 11 is 0. The molecule has 4 rings (SSSR count). The van der Waals surface area contributed by atoms with E-state index in [0.717, 1.165) is 42.5 Å². The van der Waals surface area contributed by atoms with Gasteiger partial charge in [0, 0.05) is 18.7 Å². The maximum atomic E-state index is 6.27. The SMILES string of the molecule is COc1ccc(-c2ccc(OCCN3CCCCC3)c(CN3CCC3)c2)cc1OC. The molecule has 5 nitrogen and oxygen atoms in total. The van der Waals surface area contributed by atoms with Gasteiger partial charge >= 0.3 is 0 Å². The van der Waals surface area contributed by atoms with Crippen molar-refractivity contribution >= 4 is 0 Å². The van der Waals surface area contributed by atoms with Crippen LogP contribution in [-0.2, 0) is 6.54 Å².